The third kappa shape index (κ3) is 6.20. The highest BCUT2D eigenvalue weighted by molar-refractivity contribution is 5.18. The number of rotatable bonds is 8. The van der Waals surface area contributed by atoms with Crippen molar-refractivity contribution in [1.29, 1.82) is 0 Å². The van der Waals surface area contributed by atoms with Crippen LogP contribution >= 0.6 is 0 Å². The van der Waals surface area contributed by atoms with E-state index in [4.69, 9.17) is 0 Å². The molecule has 1 N–H and O–H groups in total. The summed E-state index contributed by atoms with van der Waals surface area (Å²) < 4.78 is 13.3. The van der Waals surface area contributed by atoms with Crippen LogP contribution in [0.1, 0.15) is 46.1 Å². The van der Waals surface area contributed by atoms with Crippen LogP contribution in [0, 0.1) is 17.2 Å². The Morgan fingerprint density at radius 1 is 1.32 bits per heavy atom. The summed E-state index contributed by atoms with van der Waals surface area (Å²) in [4.78, 5) is 0. The predicted molar refractivity (Wildman–Crippen MR) is 80.8 cm³/mol. The largest absolute Gasteiger partial charge is 0.316 e. The molecule has 19 heavy (non-hydrogen) atoms. The Hall–Kier alpha value is -0.890. The maximum Gasteiger partial charge on any atom is 0.123 e. The summed E-state index contributed by atoms with van der Waals surface area (Å²) in [5, 5.41) is 3.55. The van der Waals surface area contributed by atoms with Gasteiger partial charge in [0.25, 0.3) is 0 Å². The first-order valence-corrected chi connectivity index (χ1v) is 7.40. The fourth-order valence-electron chi connectivity index (χ4n) is 2.65. The number of hydrogen-bond acceptors (Lipinski definition) is 1. The number of benzene rings is 1. The van der Waals surface area contributed by atoms with E-state index < -0.39 is 0 Å². The number of halogens is 1. The molecule has 108 valence electrons. The Morgan fingerprint density at radius 2 is 2.05 bits per heavy atom. The lowest BCUT2D eigenvalue weighted by molar-refractivity contribution is 0.270. The zero-order valence-electron chi connectivity index (χ0n) is 12.8. The monoisotopic (exact) mass is 265 g/mol. The fraction of sp³-hybridized carbons (Fsp3) is 0.647. The van der Waals surface area contributed by atoms with Gasteiger partial charge in [-0.25, -0.2) is 4.39 Å². The van der Waals surface area contributed by atoms with Gasteiger partial charge in [-0.05, 0) is 48.4 Å². The Bertz CT molecular complexity index is 375. The minimum absolute atomic E-state index is 0.133. The van der Waals surface area contributed by atoms with Crippen molar-refractivity contribution >= 4 is 0 Å². The Kier molecular flexibility index (Phi) is 6.50. The summed E-state index contributed by atoms with van der Waals surface area (Å²) in [6.07, 6.45) is 3.26. The van der Waals surface area contributed by atoms with Gasteiger partial charge in [-0.2, -0.15) is 0 Å². The molecule has 0 saturated carbocycles. The minimum Gasteiger partial charge on any atom is -0.316 e. The molecule has 1 nitrogen and oxygen atoms in total. The molecule has 0 radical (unpaired) electrons. The fourth-order valence-corrected chi connectivity index (χ4v) is 2.65. The van der Waals surface area contributed by atoms with Crippen molar-refractivity contribution in [2.45, 2.75) is 47.0 Å². The van der Waals surface area contributed by atoms with Crippen molar-refractivity contribution in [1.82, 2.24) is 5.32 Å². The smallest absolute Gasteiger partial charge is 0.123 e. The second-order valence-corrected chi connectivity index (χ2v) is 6.39. The van der Waals surface area contributed by atoms with Crippen molar-refractivity contribution in [3.8, 4) is 0 Å². The van der Waals surface area contributed by atoms with Crippen LogP contribution in [0.25, 0.3) is 0 Å². The summed E-state index contributed by atoms with van der Waals surface area (Å²) in [5.41, 5.74) is 1.31. The van der Waals surface area contributed by atoms with Crippen LogP contribution in [-0.2, 0) is 6.42 Å². The molecule has 1 aromatic carbocycles. The summed E-state index contributed by atoms with van der Waals surface area (Å²) in [6, 6.07) is 7.01. The quantitative estimate of drug-likeness (QED) is 0.733. The van der Waals surface area contributed by atoms with Gasteiger partial charge in [-0.3, -0.25) is 0 Å². The van der Waals surface area contributed by atoms with Crippen molar-refractivity contribution in [2.75, 3.05) is 13.1 Å². The maximum atomic E-state index is 13.3. The highest BCUT2D eigenvalue weighted by Crippen LogP contribution is 2.28. The molecule has 0 fully saturated rings. The summed E-state index contributed by atoms with van der Waals surface area (Å²) in [7, 11) is 0. The van der Waals surface area contributed by atoms with Crippen molar-refractivity contribution in [2.24, 2.45) is 11.3 Å². The highest BCUT2D eigenvalue weighted by atomic mass is 19.1. The Labute approximate surface area is 117 Å². The van der Waals surface area contributed by atoms with E-state index in [0.717, 1.165) is 37.9 Å². The molecule has 1 unspecified atom stereocenters. The average Bonchev–Trinajstić information content (AvgIpc) is 2.28. The van der Waals surface area contributed by atoms with E-state index in [9.17, 15) is 4.39 Å². The molecule has 0 aliphatic heterocycles. The predicted octanol–water partition coefficient (Wildman–Crippen LogP) is 4.42. The summed E-state index contributed by atoms with van der Waals surface area (Å²) in [6.45, 7) is 11.0. The minimum atomic E-state index is -0.133. The van der Waals surface area contributed by atoms with E-state index in [2.05, 4.69) is 33.0 Å². The lowest BCUT2D eigenvalue weighted by atomic mass is 9.79. The third-order valence-corrected chi connectivity index (χ3v) is 3.48. The Morgan fingerprint density at radius 3 is 2.63 bits per heavy atom. The van der Waals surface area contributed by atoms with E-state index in [-0.39, 0.29) is 11.2 Å². The SMILES string of the molecule is CCCC(C)(CNCC(C)C)Cc1cccc(F)c1. The van der Waals surface area contributed by atoms with Crippen LogP contribution in [0.3, 0.4) is 0 Å². The molecule has 1 atom stereocenters. The van der Waals surface area contributed by atoms with Gasteiger partial charge < -0.3 is 5.32 Å². The Balaban J connectivity index is 2.64. The van der Waals surface area contributed by atoms with Crippen LogP contribution in [0.15, 0.2) is 24.3 Å². The average molecular weight is 265 g/mol. The number of hydrogen-bond donors (Lipinski definition) is 1. The second kappa shape index (κ2) is 7.64. The molecule has 0 saturated heterocycles. The molecule has 0 aliphatic carbocycles. The van der Waals surface area contributed by atoms with Crippen molar-refractivity contribution < 1.29 is 4.39 Å². The van der Waals surface area contributed by atoms with Gasteiger partial charge in [0.15, 0.2) is 0 Å². The first-order valence-electron chi connectivity index (χ1n) is 7.40. The van der Waals surface area contributed by atoms with E-state index >= 15 is 0 Å². The van der Waals surface area contributed by atoms with Crippen molar-refractivity contribution in [3.63, 3.8) is 0 Å². The molecule has 1 rings (SSSR count). The number of nitrogens with one attached hydrogen (secondary N) is 1. The lowest BCUT2D eigenvalue weighted by Gasteiger charge is -2.30. The third-order valence-electron chi connectivity index (χ3n) is 3.48. The topological polar surface area (TPSA) is 12.0 Å². The van der Waals surface area contributed by atoms with Crippen LogP contribution in [0.2, 0.25) is 0 Å². The van der Waals surface area contributed by atoms with Gasteiger partial charge in [-0.1, -0.05) is 46.2 Å². The van der Waals surface area contributed by atoms with E-state index in [0.29, 0.717) is 5.92 Å². The van der Waals surface area contributed by atoms with Crippen molar-refractivity contribution in [3.05, 3.63) is 35.6 Å². The van der Waals surface area contributed by atoms with Gasteiger partial charge in [-0.15, -0.1) is 0 Å². The molecular weight excluding hydrogens is 237 g/mol. The van der Waals surface area contributed by atoms with Gasteiger partial charge in [0.05, 0.1) is 0 Å². The van der Waals surface area contributed by atoms with E-state index in [1.165, 1.54) is 6.07 Å². The van der Waals surface area contributed by atoms with Gasteiger partial charge >= 0.3 is 0 Å². The second-order valence-electron chi connectivity index (χ2n) is 6.39. The maximum absolute atomic E-state index is 13.3. The first kappa shape index (κ1) is 16.2. The van der Waals surface area contributed by atoms with Crippen LogP contribution in [-0.4, -0.2) is 13.1 Å². The van der Waals surface area contributed by atoms with Gasteiger partial charge in [0.1, 0.15) is 5.82 Å². The van der Waals surface area contributed by atoms with Gasteiger partial charge in [0.2, 0.25) is 0 Å². The standard InChI is InChI=1S/C17H28FN/c1-5-9-17(4,13-19-12-14(2)3)11-15-7-6-8-16(18)10-15/h6-8,10,14,19H,5,9,11-13H2,1-4H3. The van der Waals surface area contributed by atoms with Crippen LogP contribution < -0.4 is 5.32 Å². The summed E-state index contributed by atoms with van der Waals surface area (Å²) >= 11 is 0. The molecule has 1 aromatic rings. The van der Waals surface area contributed by atoms with Crippen LogP contribution in [0.5, 0.6) is 0 Å². The van der Waals surface area contributed by atoms with E-state index in [1.54, 1.807) is 12.1 Å². The highest BCUT2D eigenvalue weighted by Gasteiger charge is 2.23. The zero-order valence-corrected chi connectivity index (χ0v) is 12.8. The molecule has 0 amide bonds. The first-order chi connectivity index (χ1) is 8.95. The molecule has 0 bridgehead atoms. The lowest BCUT2D eigenvalue weighted by Crippen LogP contribution is -2.35. The summed E-state index contributed by atoms with van der Waals surface area (Å²) in [5.74, 6) is 0.534. The molecule has 0 aliphatic rings. The molecule has 0 spiro atoms. The molecule has 2 heteroatoms. The molecule has 0 heterocycles. The van der Waals surface area contributed by atoms with Crippen LogP contribution in [0.4, 0.5) is 4.39 Å². The van der Waals surface area contributed by atoms with Gasteiger partial charge in [0, 0.05) is 6.54 Å². The van der Waals surface area contributed by atoms with E-state index in [1.807, 2.05) is 6.07 Å². The normalized spacial score (nSPS) is 14.6. The molecule has 0 aromatic heterocycles. The zero-order chi connectivity index (χ0) is 14.3. The molecular formula is C17H28FN.